The van der Waals surface area contributed by atoms with E-state index in [1.54, 1.807) is 0 Å². The molecule has 0 aliphatic heterocycles. The summed E-state index contributed by atoms with van der Waals surface area (Å²) in [5.41, 5.74) is 13.9. The van der Waals surface area contributed by atoms with Gasteiger partial charge in [-0.2, -0.15) is 0 Å². The minimum atomic E-state index is -0.0753. The van der Waals surface area contributed by atoms with Gasteiger partial charge in [0, 0.05) is 10.8 Å². The Balaban J connectivity index is 1.35. The number of fused-ring (bicyclic) bond motifs is 7. The van der Waals surface area contributed by atoms with Crippen LogP contribution >= 0.6 is 0 Å². The van der Waals surface area contributed by atoms with E-state index >= 15 is 0 Å². The normalized spacial score (nSPS) is 15.9. The minimum absolute atomic E-state index is 0.0500. The van der Waals surface area contributed by atoms with Gasteiger partial charge in [-0.1, -0.05) is 113 Å². The Morgan fingerprint density at radius 3 is 1.85 bits per heavy atom. The summed E-state index contributed by atoms with van der Waals surface area (Å²) in [6, 6.07) is 41.5. The lowest BCUT2D eigenvalue weighted by molar-refractivity contribution is 0.652. The van der Waals surface area contributed by atoms with E-state index in [1.807, 2.05) is 0 Å². The molecular weight excluding hydrogens is 480 g/mol. The van der Waals surface area contributed by atoms with Crippen LogP contribution in [0.25, 0.3) is 65.7 Å². The van der Waals surface area contributed by atoms with E-state index in [9.17, 15) is 0 Å². The van der Waals surface area contributed by atoms with Crippen molar-refractivity contribution in [3.63, 3.8) is 0 Å². The van der Waals surface area contributed by atoms with Gasteiger partial charge in [-0.3, -0.25) is 0 Å². The van der Waals surface area contributed by atoms with Crippen molar-refractivity contribution in [1.82, 2.24) is 0 Å². The molecule has 0 radical (unpaired) electrons. The molecular formula is C40H30. The molecule has 2 aliphatic rings. The number of rotatable bonds is 1. The summed E-state index contributed by atoms with van der Waals surface area (Å²) < 4.78 is 0. The van der Waals surface area contributed by atoms with Crippen LogP contribution in [-0.2, 0) is 10.8 Å². The zero-order valence-electron chi connectivity index (χ0n) is 23.4. The van der Waals surface area contributed by atoms with Crippen molar-refractivity contribution >= 4 is 32.3 Å². The summed E-state index contributed by atoms with van der Waals surface area (Å²) in [5.74, 6) is 0. The van der Waals surface area contributed by atoms with Crippen molar-refractivity contribution in [1.29, 1.82) is 0 Å². The largest absolute Gasteiger partial charge is 0.0622 e. The molecule has 0 saturated carbocycles. The average Bonchev–Trinajstić information content (AvgIpc) is 3.34. The van der Waals surface area contributed by atoms with Gasteiger partial charge < -0.3 is 0 Å². The van der Waals surface area contributed by atoms with Gasteiger partial charge in [0.2, 0.25) is 0 Å². The first kappa shape index (κ1) is 22.4. The first-order valence-electron chi connectivity index (χ1n) is 14.4. The summed E-state index contributed by atoms with van der Waals surface area (Å²) in [6.07, 6.45) is 0. The van der Waals surface area contributed by atoms with Crippen molar-refractivity contribution in [2.24, 2.45) is 0 Å². The fourth-order valence-corrected chi connectivity index (χ4v) is 8.07. The summed E-state index contributed by atoms with van der Waals surface area (Å²) in [7, 11) is 0. The predicted octanol–water partition coefficient (Wildman–Crippen LogP) is 10.9. The lowest BCUT2D eigenvalue weighted by atomic mass is 9.79. The lowest BCUT2D eigenvalue weighted by Gasteiger charge is -2.24. The van der Waals surface area contributed by atoms with E-state index in [4.69, 9.17) is 0 Å². The van der Waals surface area contributed by atoms with Crippen LogP contribution in [0.2, 0.25) is 0 Å². The second-order valence-electron chi connectivity index (χ2n) is 13.0. The molecule has 0 aromatic heterocycles. The summed E-state index contributed by atoms with van der Waals surface area (Å²) >= 11 is 0. The predicted molar refractivity (Wildman–Crippen MR) is 171 cm³/mol. The molecule has 0 spiro atoms. The lowest BCUT2D eigenvalue weighted by Crippen LogP contribution is -2.17. The van der Waals surface area contributed by atoms with Gasteiger partial charge in [0.1, 0.15) is 0 Å². The molecule has 0 N–H and O–H groups in total. The third-order valence-electron chi connectivity index (χ3n) is 10.2. The molecule has 7 aromatic rings. The average molecular weight is 511 g/mol. The van der Waals surface area contributed by atoms with E-state index in [0.717, 1.165) is 0 Å². The molecule has 0 atom stereocenters. The van der Waals surface area contributed by atoms with Gasteiger partial charge in [-0.15, -0.1) is 0 Å². The highest BCUT2D eigenvalue weighted by molar-refractivity contribution is 6.26. The molecule has 190 valence electrons. The fourth-order valence-electron chi connectivity index (χ4n) is 8.07. The molecule has 7 aromatic carbocycles. The third kappa shape index (κ3) is 2.62. The van der Waals surface area contributed by atoms with Gasteiger partial charge in [0.25, 0.3) is 0 Å². The Bertz CT molecular complexity index is 2180. The molecule has 9 rings (SSSR count). The van der Waals surface area contributed by atoms with Gasteiger partial charge in [0.15, 0.2) is 0 Å². The highest BCUT2D eigenvalue weighted by Crippen LogP contribution is 2.58. The molecule has 2 aliphatic carbocycles. The molecule has 0 bridgehead atoms. The molecule has 0 heterocycles. The van der Waals surface area contributed by atoms with Crippen LogP contribution in [0.3, 0.4) is 0 Å². The maximum absolute atomic E-state index is 2.55. The highest BCUT2D eigenvalue weighted by Gasteiger charge is 2.42. The number of hydrogen-bond acceptors (Lipinski definition) is 0. The second kappa shape index (κ2) is 7.20. The van der Waals surface area contributed by atoms with E-state index in [2.05, 4.69) is 137 Å². The van der Waals surface area contributed by atoms with Gasteiger partial charge in [-0.25, -0.2) is 0 Å². The first-order chi connectivity index (χ1) is 19.3. The van der Waals surface area contributed by atoms with Crippen LogP contribution in [0.15, 0.2) is 109 Å². The maximum Gasteiger partial charge on any atom is 0.0159 e. The Kier molecular flexibility index (Phi) is 4.03. The summed E-state index contributed by atoms with van der Waals surface area (Å²) in [6.45, 7) is 9.64. The van der Waals surface area contributed by atoms with E-state index in [0.29, 0.717) is 0 Å². The van der Waals surface area contributed by atoms with E-state index < -0.39 is 0 Å². The quantitative estimate of drug-likeness (QED) is 0.193. The maximum atomic E-state index is 2.55. The molecule has 0 heteroatoms. The Labute approximate surface area is 235 Å². The fraction of sp³-hybridized carbons (Fsp3) is 0.150. The molecule has 0 unspecified atom stereocenters. The SMILES string of the molecule is CC1(C)c2ccc(-c3ccccc3)cc2-c2cc3c(cc21)-c1c(cc2ccc4cccc5ccc1c2c45)C3(C)C. The Morgan fingerprint density at radius 1 is 0.400 bits per heavy atom. The van der Waals surface area contributed by atoms with Crippen molar-refractivity contribution in [3.8, 4) is 33.4 Å². The molecule has 0 nitrogen and oxygen atoms in total. The van der Waals surface area contributed by atoms with E-state index in [-0.39, 0.29) is 10.8 Å². The third-order valence-corrected chi connectivity index (χ3v) is 10.2. The van der Waals surface area contributed by atoms with Gasteiger partial charge in [0.05, 0.1) is 0 Å². The molecule has 0 saturated heterocycles. The summed E-state index contributed by atoms with van der Waals surface area (Å²) in [4.78, 5) is 0. The highest BCUT2D eigenvalue weighted by atomic mass is 14.5. The minimum Gasteiger partial charge on any atom is -0.0622 e. The van der Waals surface area contributed by atoms with Crippen LogP contribution in [0.5, 0.6) is 0 Å². The van der Waals surface area contributed by atoms with Crippen molar-refractivity contribution in [2.75, 3.05) is 0 Å². The standard InChI is InChI=1S/C40H30/c1-39(2)32-18-16-26(23-9-6-5-7-10-23)19-29(32)30-21-34-31(22-33(30)39)38-28-17-15-25-12-8-11-24-13-14-27(37(28)36(24)25)20-35(38)40(34,3)4/h5-22H,1-4H3. The first-order valence-corrected chi connectivity index (χ1v) is 14.4. The monoisotopic (exact) mass is 510 g/mol. The van der Waals surface area contributed by atoms with Crippen LogP contribution < -0.4 is 0 Å². The Morgan fingerprint density at radius 2 is 1.05 bits per heavy atom. The topological polar surface area (TPSA) is 0 Å². The van der Waals surface area contributed by atoms with E-state index in [1.165, 1.54) is 88.0 Å². The van der Waals surface area contributed by atoms with Crippen LogP contribution in [0, 0.1) is 0 Å². The zero-order valence-corrected chi connectivity index (χ0v) is 23.4. The van der Waals surface area contributed by atoms with Crippen LogP contribution in [0.4, 0.5) is 0 Å². The molecule has 0 fully saturated rings. The van der Waals surface area contributed by atoms with Crippen LogP contribution in [0.1, 0.15) is 49.9 Å². The van der Waals surface area contributed by atoms with Crippen molar-refractivity contribution in [3.05, 3.63) is 131 Å². The number of hydrogen-bond donors (Lipinski definition) is 0. The number of benzene rings is 7. The summed E-state index contributed by atoms with van der Waals surface area (Å²) in [5, 5.41) is 8.20. The smallest absolute Gasteiger partial charge is 0.0159 e. The molecule has 40 heavy (non-hydrogen) atoms. The van der Waals surface area contributed by atoms with Crippen LogP contribution in [-0.4, -0.2) is 0 Å². The zero-order chi connectivity index (χ0) is 27.0. The molecule has 0 amide bonds. The van der Waals surface area contributed by atoms with Crippen molar-refractivity contribution < 1.29 is 0 Å². The van der Waals surface area contributed by atoms with Gasteiger partial charge >= 0.3 is 0 Å². The van der Waals surface area contributed by atoms with Gasteiger partial charge in [-0.05, 0) is 112 Å². The second-order valence-corrected chi connectivity index (χ2v) is 13.0. The van der Waals surface area contributed by atoms with Crippen molar-refractivity contribution in [2.45, 2.75) is 38.5 Å². The Hall–Kier alpha value is -4.42.